The van der Waals surface area contributed by atoms with Crippen molar-refractivity contribution in [2.75, 3.05) is 6.54 Å². The monoisotopic (exact) mass is 287 g/mol. The van der Waals surface area contributed by atoms with Crippen molar-refractivity contribution in [1.29, 1.82) is 0 Å². The van der Waals surface area contributed by atoms with E-state index >= 15 is 0 Å². The maximum atomic E-state index is 12.7. The van der Waals surface area contributed by atoms with Crippen LogP contribution >= 0.6 is 0 Å². The van der Waals surface area contributed by atoms with E-state index in [4.69, 9.17) is 0 Å². The van der Waals surface area contributed by atoms with Gasteiger partial charge in [0, 0.05) is 32.5 Å². The van der Waals surface area contributed by atoms with Crippen LogP contribution in [0.4, 0.5) is 0 Å². The summed E-state index contributed by atoms with van der Waals surface area (Å²) in [5.74, 6) is 1.03. The summed E-state index contributed by atoms with van der Waals surface area (Å²) in [6.45, 7) is 5.55. The molecule has 0 radical (unpaired) electrons. The van der Waals surface area contributed by atoms with E-state index in [0.29, 0.717) is 5.56 Å². The quantitative estimate of drug-likeness (QED) is 0.866. The molecule has 0 aromatic carbocycles. The Bertz CT molecular complexity index is 657. The zero-order valence-electron chi connectivity index (χ0n) is 12.8. The second-order valence-corrected chi connectivity index (χ2v) is 5.59. The average molecular weight is 287 g/mol. The van der Waals surface area contributed by atoms with Crippen molar-refractivity contribution < 1.29 is 4.79 Å². The molecular formula is C15H21N5O. The van der Waals surface area contributed by atoms with Crippen molar-refractivity contribution in [1.82, 2.24) is 24.2 Å². The third kappa shape index (κ3) is 2.46. The van der Waals surface area contributed by atoms with Crippen LogP contribution in [0.25, 0.3) is 0 Å². The smallest absolute Gasteiger partial charge is 0.257 e. The second kappa shape index (κ2) is 5.35. The molecular weight excluding hydrogens is 266 g/mol. The molecule has 1 aliphatic heterocycles. The number of hydrogen-bond acceptors (Lipinski definition) is 3. The molecule has 0 bridgehead atoms. The van der Waals surface area contributed by atoms with Gasteiger partial charge in [0.15, 0.2) is 0 Å². The van der Waals surface area contributed by atoms with Gasteiger partial charge in [0.25, 0.3) is 5.91 Å². The lowest BCUT2D eigenvalue weighted by atomic mass is 10.2. The zero-order chi connectivity index (χ0) is 15.0. The number of imidazole rings is 1. The molecule has 0 saturated carbocycles. The van der Waals surface area contributed by atoms with E-state index in [-0.39, 0.29) is 11.9 Å². The number of carbonyl (C=O) groups excluding carboxylic acids is 1. The molecule has 112 valence electrons. The highest BCUT2D eigenvalue weighted by Gasteiger charge is 2.33. The summed E-state index contributed by atoms with van der Waals surface area (Å²) in [5, 5.41) is 4.19. The molecule has 0 N–H and O–H groups in total. The molecule has 1 atom stereocenters. The number of likely N-dealkylation sites (tertiary alicyclic amines) is 1. The predicted octanol–water partition coefficient (Wildman–Crippen LogP) is 1.92. The SMILES string of the molecule is CCn1cc(C(=O)N2CCCC2c2nc(C)cn2C)cn1. The van der Waals surface area contributed by atoms with Gasteiger partial charge in [-0.05, 0) is 26.7 Å². The Morgan fingerprint density at radius 2 is 2.24 bits per heavy atom. The Kier molecular flexibility index (Phi) is 3.53. The first-order chi connectivity index (χ1) is 10.1. The van der Waals surface area contributed by atoms with Crippen LogP contribution in [0, 0.1) is 6.92 Å². The highest BCUT2D eigenvalue weighted by Crippen LogP contribution is 2.32. The Labute approximate surface area is 124 Å². The second-order valence-electron chi connectivity index (χ2n) is 5.59. The molecule has 6 heteroatoms. The summed E-state index contributed by atoms with van der Waals surface area (Å²) in [6, 6.07) is 0.0705. The Morgan fingerprint density at radius 1 is 1.43 bits per heavy atom. The van der Waals surface area contributed by atoms with Crippen molar-refractivity contribution in [3.63, 3.8) is 0 Å². The highest BCUT2D eigenvalue weighted by molar-refractivity contribution is 5.94. The van der Waals surface area contributed by atoms with Crippen LogP contribution in [-0.2, 0) is 13.6 Å². The van der Waals surface area contributed by atoms with Crippen molar-refractivity contribution in [3.05, 3.63) is 35.7 Å². The lowest BCUT2D eigenvalue weighted by molar-refractivity contribution is 0.0728. The molecule has 1 unspecified atom stereocenters. The fourth-order valence-corrected chi connectivity index (χ4v) is 3.04. The van der Waals surface area contributed by atoms with E-state index in [2.05, 4.69) is 10.1 Å². The summed E-state index contributed by atoms with van der Waals surface area (Å²) in [6.07, 6.45) is 7.47. The fourth-order valence-electron chi connectivity index (χ4n) is 3.04. The Balaban J connectivity index is 1.86. The van der Waals surface area contributed by atoms with Gasteiger partial charge in [0.05, 0.1) is 23.5 Å². The molecule has 6 nitrogen and oxygen atoms in total. The summed E-state index contributed by atoms with van der Waals surface area (Å²) in [5.41, 5.74) is 1.65. The topological polar surface area (TPSA) is 56.0 Å². The van der Waals surface area contributed by atoms with Crippen LogP contribution in [-0.4, -0.2) is 36.7 Å². The van der Waals surface area contributed by atoms with E-state index in [9.17, 15) is 4.79 Å². The number of rotatable bonds is 3. The number of hydrogen-bond donors (Lipinski definition) is 0. The van der Waals surface area contributed by atoms with Crippen molar-refractivity contribution in [3.8, 4) is 0 Å². The first-order valence-corrected chi connectivity index (χ1v) is 7.43. The summed E-state index contributed by atoms with van der Waals surface area (Å²) < 4.78 is 3.81. The van der Waals surface area contributed by atoms with E-state index in [1.54, 1.807) is 10.9 Å². The van der Waals surface area contributed by atoms with Crippen LogP contribution in [0.15, 0.2) is 18.6 Å². The molecule has 3 rings (SSSR count). The number of amides is 1. The van der Waals surface area contributed by atoms with Gasteiger partial charge < -0.3 is 9.47 Å². The normalized spacial score (nSPS) is 18.4. The molecule has 2 aromatic heterocycles. The molecule has 0 aliphatic carbocycles. The maximum absolute atomic E-state index is 12.7. The third-order valence-corrected chi connectivity index (χ3v) is 4.05. The molecule has 3 heterocycles. The van der Waals surface area contributed by atoms with Crippen LogP contribution in [0.5, 0.6) is 0 Å². The fraction of sp³-hybridized carbons (Fsp3) is 0.533. The number of aryl methyl sites for hydroxylation is 3. The minimum atomic E-state index is 0.0536. The van der Waals surface area contributed by atoms with Gasteiger partial charge in [-0.25, -0.2) is 4.98 Å². The van der Waals surface area contributed by atoms with Crippen LogP contribution in [0.2, 0.25) is 0 Å². The van der Waals surface area contributed by atoms with Gasteiger partial charge in [-0.1, -0.05) is 0 Å². The lowest BCUT2D eigenvalue weighted by Gasteiger charge is -2.23. The van der Waals surface area contributed by atoms with Crippen LogP contribution in [0.1, 0.15) is 47.7 Å². The molecule has 1 fully saturated rings. The summed E-state index contributed by atoms with van der Waals surface area (Å²) in [4.78, 5) is 19.2. The van der Waals surface area contributed by atoms with Gasteiger partial charge in [-0.2, -0.15) is 5.10 Å². The van der Waals surface area contributed by atoms with E-state index in [0.717, 1.165) is 37.4 Å². The molecule has 0 spiro atoms. The Hall–Kier alpha value is -2.11. The number of carbonyl (C=O) groups is 1. The summed E-state index contributed by atoms with van der Waals surface area (Å²) >= 11 is 0. The largest absolute Gasteiger partial charge is 0.336 e. The molecule has 1 aliphatic rings. The van der Waals surface area contributed by atoms with E-state index in [1.807, 2.05) is 42.8 Å². The molecule has 2 aromatic rings. The summed E-state index contributed by atoms with van der Waals surface area (Å²) in [7, 11) is 1.99. The standard InChI is InChI=1S/C15H21N5O/c1-4-19-10-12(8-16-19)15(21)20-7-5-6-13(20)14-17-11(2)9-18(14)3/h8-10,13H,4-7H2,1-3H3. The van der Waals surface area contributed by atoms with Crippen LogP contribution in [0.3, 0.4) is 0 Å². The minimum absolute atomic E-state index is 0.0536. The molecule has 1 saturated heterocycles. The number of aromatic nitrogens is 4. The molecule has 1 amide bonds. The Morgan fingerprint density at radius 3 is 2.86 bits per heavy atom. The first-order valence-electron chi connectivity index (χ1n) is 7.43. The molecule has 21 heavy (non-hydrogen) atoms. The van der Waals surface area contributed by atoms with E-state index in [1.165, 1.54) is 0 Å². The van der Waals surface area contributed by atoms with Gasteiger partial charge in [0.2, 0.25) is 0 Å². The van der Waals surface area contributed by atoms with Gasteiger partial charge in [-0.15, -0.1) is 0 Å². The third-order valence-electron chi connectivity index (χ3n) is 4.05. The van der Waals surface area contributed by atoms with Crippen LogP contribution < -0.4 is 0 Å². The van der Waals surface area contributed by atoms with Gasteiger partial charge in [0.1, 0.15) is 5.82 Å². The van der Waals surface area contributed by atoms with Gasteiger partial charge >= 0.3 is 0 Å². The van der Waals surface area contributed by atoms with Gasteiger partial charge in [-0.3, -0.25) is 9.48 Å². The van der Waals surface area contributed by atoms with Crippen molar-refractivity contribution >= 4 is 5.91 Å². The minimum Gasteiger partial charge on any atom is -0.336 e. The number of nitrogens with zero attached hydrogens (tertiary/aromatic N) is 5. The van der Waals surface area contributed by atoms with Crippen molar-refractivity contribution in [2.24, 2.45) is 7.05 Å². The van der Waals surface area contributed by atoms with Crippen molar-refractivity contribution in [2.45, 2.75) is 39.3 Å². The average Bonchev–Trinajstić information content (AvgIpc) is 3.16. The van der Waals surface area contributed by atoms with E-state index < -0.39 is 0 Å². The predicted molar refractivity (Wildman–Crippen MR) is 78.9 cm³/mol. The lowest BCUT2D eigenvalue weighted by Crippen LogP contribution is -2.31. The zero-order valence-corrected chi connectivity index (χ0v) is 12.8. The maximum Gasteiger partial charge on any atom is 0.257 e. The highest BCUT2D eigenvalue weighted by atomic mass is 16.2. The first kappa shape index (κ1) is 13.9.